The summed E-state index contributed by atoms with van der Waals surface area (Å²) in [5, 5.41) is 2.95. The molecule has 2 aromatic carbocycles. The van der Waals surface area contributed by atoms with Gasteiger partial charge in [0.15, 0.2) is 0 Å². The van der Waals surface area contributed by atoms with Crippen LogP contribution in [0, 0.1) is 13.8 Å². The molecule has 0 unspecified atom stereocenters. The predicted octanol–water partition coefficient (Wildman–Crippen LogP) is 4.25. The van der Waals surface area contributed by atoms with E-state index in [1.54, 1.807) is 4.90 Å². The second-order valence-corrected chi connectivity index (χ2v) is 6.25. The number of amides is 2. The molecule has 0 heterocycles. The van der Waals surface area contributed by atoms with E-state index < -0.39 is 0 Å². The van der Waals surface area contributed by atoms with Gasteiger partial charge in [0.1, 0.15) is 0 Å². The lowest BCUT2D eigenvalue weighted by Crippen LogP contribution is -2.32. The highest BCUT2D eigenvalue weighted by Gasteiger charge is 2.14. The van der Waals surface area contributed by atoms with Gasteiger partial charge in [0.25, 0.3) is 0 Å². The van der Waals surface area contributed by atoms with E-state index >= 15 is 0 Å². The zero-order chi connectivity index (χ0) is 18.4. The molecule has 132 valence electrons. The molecular formula is C21H26N2O2. The third-order valence-electron chi connectivity index (χ3n) is 4.42. The third-order valence-corrected chi connectivity index (χ3v) is 4.42. The lowest BCUT2D eigenvalue weighted by atomic mass is 10.1. The monoisotopic (exact) mass is 338 g/mol. The highest BCUT2D eigenvalue weighted by atomic mass is 16.2. The first-order chi connectivity index (χ1) is 11.9. The maximum Gasteiger partial charge on any atom is 0.226 e. The summed E-state index contributed by atoms with van der Waals surface area (Å²) in [5.74, 6) is -0.152. The van der Waals surface area contributed by atoms with E-state index in [2.05, 4.69) is 12.2 Å². The van der Waals surface area contributed by atoms with Crippen molar-refractivity contribution in [2.75, 3.05) is 16.8 Å². The van der Waals surface area contributed by atoms with Crippen LogP contribution in [0.4, 0.5) is 11.4 Å². The Morgan fingerprint density at radius 1 is 1.04 bits per heavy atom. The molecule has 0 saturated carbocycles. The normalized spacial score (nSPS) is 10.4. The Kier molecular flexibility index (Phi) is 6.34. The maximum atomic E-state index is 12.3. The summed E-state index contributed by atoms with van der Waals surface area (Å²) in [7, 11) is 0. The SMILES string of the molecule is CCc1ccccc1NC(=O)CCN(C(C)=O)c1ccc(C)c(C)c1. The number of anilines is 2. The van der Waals surface area contributed by atoms with Crippen LogP contribution in [0.2, 0.25) is 0 Å². The highest BCUT2D eigenvalue weighted by molar-refractivity contribution is 5.95. The molecule has 2 amide bonds. The van der Waals surface area contributed by atoms with Crippen LogP contribution in [0.1, 0.15) is 37.0 Å². The minimum absolute atomic E-state index is 0.0648. The van der Waals surface area contributed by atoms with Gasteiger partial charge in [0.2, 0.25) is 11.8 Å². The second-order valence-electron chi connectivity index (χ2n) is 6.25. The quantitative estimate of drug-likeness (QED) is 0.856. The molecule has 0 aliphatic carbocycles. The number of aryl methyl sites for hydroxylation is 3. The van der Waals surface area contributed by atoms with Crippen molar-refractivity contribution >= 4 is 23.2 Å². The first-order valence-corrected chi connectivity index (χ1v) is 8.65. The molecule has 0 fully saturated rings. The molecule has 0 radical (unpaired) electrons. The van der Waals surface area contributed by atoms with Crippen molar-refractivity contribution in [1.82, 2.24) is 0 Å². The van der Waals surface area contributed by atoms with E-state index in [-0.39, 0.29) is 18.2 Å². The number of carbonyl (C=O) groups is 2. The number of nitrogens with one attached hydrogen (secondary N) is 1. The molecule has 4 heteroatoms. The minimum Gasteiger partial charge on any atom is -0.326 e. The Morgan fingerprint density at radius 2 is 1.76 bits per heavy atom. The number of rotatable bonds is 6. The second kappa shape index (κ2) is 8.47. The Balaban J connectivity index is 2.04. The summed E-state index contributed by atoms with van der Waals surface area (Å²) in [4.78, 5) is 26.0. The topological polar surface area (TPSA) is 49.4 Å². The number of hydrogen-bond donors (Lipinski definition) is 1. The average Bonchev–Trinajstić information content (AvgIpc) is 2.58. The highest BCUT2D eigenvalue weighted by Crippen LogP contribution is 2.20. The van der Waals surface area contributed by atoms with Gasteiger partial charge < -0.3 is 10.2 Å². The van der Waals surface area contributed by atoms with Gasteiger partial charge in [-0.25, -0.2) is 0 Å². The fourth-order valence-electron chi connectivity index (χ4n) is 2.74. The Morgan fingerprint density at radius 3 is 2.40 bits per heavy atom. The van der Waals surface area contributed by atoms with Gasteiger partial charge >= 0.3 is 0 Å². The molecule has 0 aromatic heterocycles. The molecule has 1 N–H and O–H groups in total. The summed E-state index contributed by atoms with van der Waals surface area (Å²) < 4.78 is 0. The van der Waals surface area contributed by atoms with Gasteiger partial charge in [-0.15, -0.1) is 0 Å². The van der Waals surface area contributed by atoms with Gasteiger partial charge in [-0.05, 0) is 55.2 Å². The van der Waals surface area contributed by atoms with Gasteiger partial charge in [-0.3, -0.25) is 9.59 Å². The van der Waals surface area contributed by atoms with Crippen LogP contribution in [0.3, 0.4) is 0 Å². The summed E-state index contributed by atoms with van der Waals surface area (Å²) in [6, 6.07) is 13.7. The first-order valence-electron chi connectivity index (χ1n) is 8.65. The van der Waals surface area contributed by atoms with Crippen molar-refractivity contribution in [2.24, 2.45) is 0 Å². The molecule has 0 aliphatic heterocycles. The van der Waals surface area contributed by atoms with Crippen LogP contribution in [0.5, 0.6) is 0 Å². The smallest absolute Gasteiger partial charge is 0.226 e. The van der Waals surface area contributed by atoms with Gasteiger partial charge in [-0.2, -0.15) is 0 Å². The van der Waals surface area contributed by atoms with E-state index in [1.807, 2.05) is 56.3 Å². The zero-order valence-electron chi connectivity index (χ0n) is 15.4. The number of hydrogen-bond acceptors (Lipinski definition) is 2. The van der Waals surface area contributed by atoms with Crippen molar-refractivity contribution in [1.29, 1.82) is 0 Å². The fraction of sp³-hybridized carbons (Fsp3) is 0.333. The van der Waals surface area contributed by atoms with Crippen molar-refractivity contribution in [3.8, 4) is 0 Å². The third kappa shape index (κ3) is 4.92. The van der Waals surface area contributed by atoms with Gasteiger partial charge in [0.05, 0.1) is 0 Å². The molecular weight excluding hydrogens is 312 g/mol. The Hall–Kier alpha value is -2.62. The zero-order valence-corrected chi connectivity index (χ0v) is 15.4. The van der Waals surface area contributed by atoms with Crippen molar-refractivity contribution in [2.45, 2.75) is 40.5 Å². The van der Waals surface area contributed by atoms with Crippen LogP contribution in [-0.4, -0.2) is 18.4 Å². The fourth-order valence-corrected chi connectivity index (χ4v) is 2.74. The van der Waals surface area contributed by atoms with Gasteiger partial charge in [-0.1, -0.05) is 31.2 Å². The van der Waals surface area contributed by atoms with Crippen LogP contribution in [0.15, 0.2) is 42.5 Å². The molecule has 2 rings (SSSR count). The molecule has 0 spiro atoms. The number of carbonyl (C=O) groups excluding carboxylic acids is 2. The number of benzene rings is 2. The van der Waals surface area contributed by atoms with E-state index in [9.17, 15) is 9.59 Å². The number of para-hydroxylation sites is 1. The largest absolute Gasteiger partial charge is 0.326 e. The maximum absolute atomic E-state index is 12.3. The van der Waals surface area contributed by atoms with Crippen LogP contribution in [0.25, 0.3) is 0 Å². The Labute approximate surface area is 149 Å². The molecule has 0 atom stereocenters. The van der Waals surface area contributed by atoms with E-state index in [0.717, 1.165) is 28.9 Å². The van der Waals surface area contributed by atoms with E-state index in [0.29, 0.717) is 6.54 Å². The Bertz CT molecular complexity index is 768. The van der Waals surface area contributed by atoms with E-state index in [1.165, 1.54) is 12.5 Å². The van der Waals surface area contributed by atoms with Crippen LogP contribution < -0.4 is 10.2 Å². The van der Waals surface area contributed by atoms with Crippen molar-refractivity contribution in [3.05, 3.63) is 59.2 Å². The first kappa shape index (κ1) is 18.7. The molecule has 0 aliphatic rings. The van der Waals surface area contributed by atoms with Crippen LogP contribution >= 0.6 is 0 Å². The molecule has 2 aromatic rings. The molecule has 25 heavy (non-hydrogen) atoms. The van der Waals surface area contributed by atoms with E-state index in [4.69, 9.17) is 0 Å². The standard InChI is InChI=1S/C21H26N2O2/c1-5-18-8-6-7-9-20(18)22-21(25)12-13-23(17(4)24)19-11-10-15(2)16(3)14-19/h6-11,14H,5,12-13H2,1-4H3,(H,22,25). The number of nitrogens with zero attached hydrogens (tertiary/aromatic N) is 1. The average molecular weight is 338 g/mol. The van der Waals surface area contributed by atoms with Gasteiger partial charge in [0, 0.05) is 31.3 Å². The molecule has 0 saturated heterocycles. The summed E-state index contributed by atoms with van der Waals surface area (Å²) in [6.45, 7) is 8.00. The summed E-state index contributed by atoms with van der Waals surface area (Å²) in [5.41, 5.74) is 5.09. The molecule has 0 bridgehead atoms. The van der Waals surface area contributed by atoms with Crippen molar-refractivity contribution in [3.63, 3.8) is 0 Å². The lowest BCUT2D eigenvalue weighted by Gasteiger charge is -2.22. The summed E-state index contributed by atoms with van der Waals surface area (Å²) in [6.07, 6.45) is 1.11. The van der Waals surface area contributed by atoms with Crippen LogP contribution in [-0.2, 0) is 16.0 Å². The predicted molar refractivity (Wildman–Crippen MR) is 103 cm³/mol. The molecule has 4 nitrogen and oxygen atoms in total. The minimum atomic E-state index is -0.0871. The van der Waals surface area contributed by atoms with Crippen molar-refractivity contribution < 1.29 is 9.59 Å². The lowest BCUT2D eigenvalue weighted by molar-refractivity contribution is -0.117. The summed E-state index contributed by atoms with van der Waals surface area (Å²) >= 11 is 0.